The first-order valence-electron chi connectivity index (χ1n) is 34.4. The van der Waals surface area contributed by atoms with Crippen molar-refractivity contribution in [2.24, 2.45) is 0 Å². The average molecular weight is 1100 g/mol. The summed E-state index contributed by atoms with van der Waals surface area (Å²) in [5.41, 5.74) is 0. The van der Waals surface area contributed by atoms with Crippen LogP contribution < -0.4 is 0 Å². The number of rotatable bonds is 63. The van der Waals surface area contributed by atoms with Gasteiger partial charge in [-0.05, 0) is 89.9 Å². The van der Waals surface area contributed by atoms with Crippen LogP contribution in [0.1, 0.15) is 355 Å². The number of ether oxygens (including phenoxy) is 3. The molecule has 0 aliphatic rings. The van der Waals surface area contributed by atoms with Crippen LogP contribution in [0, 0.1) is 0 Å². The van der Waals surface area contributed by atoms with Gasteiger partial charge in [0.2, 0.25) is 0 Å². The van der Waals surface area contributed by atoms with Crippen LogP contribution in [0.15, 0.2) is 72.9 Å². The van der Waals surface area contributed by atoms with Crippen LogP contribution in [-0.4, -0.2) is 37.2 Å². The van der Waals surface area contributed by atoms with Gasteiger partial charge in [-0.3, -0.25) is 14.4 Å². The standard InChI is InChI=1S/C73H130O6/c1-4-7-10-13-16-19-22-25-27-29-31-33-35-36-38-39-41-43-45-48-51-54-57-60-63-66-72(75)78-69-70(68-77-71(74)65-62-59-56-53-50-47-24-21-18-15-12-9-6-3)79-73(76)67-64-61-58-55-52-49-46-44-42-40-37-34-32-30-28-26-23-20-17-14-11-8-5-2/h7,10,16,19,25,27,30-33,36,38,70H,4-6,8-9,11-15,17-18,20-24,26,28-29,34-35,37,39-69H2,1-3H3/b10-7-,19-16-,27-25-,32-30-,33-31-,38-36-. The van der Waals surface area contributed by atoms with Gasteiger partial charge in [-0.1, -0.05) is 318 Å². The number of carbonyl (C=O) groups is 3. The summed E-state index contributed by atoms with van der Waals surface area (Å²) in [6.45, 7) is 6.57. The van der Waals surface area contributed by atoms with Crippen LogP contribution in [0.2, 0.25) is 0 Å². The number of unbranched alkanes of at least 4 members (excludes halogenated alkanes) is 40. The minimum atomic E-state index is -0.778. The third kappa shape index (κ3) is 65.5. The highest BCUT2D eigenvalue weighted by Crippen LogP contribution is 2.17. The average Bonchev–Trinajstić information content (AvgIpc) is 3.45. The number of esters is 3. The van der Waals surface area contributed by atoms with Crippen LogP contribution in [0.4, 0.5) is 0 Å². The molecule has 0 saturated heterocycles. The molecule has 6 heteroatoms. The van der Waals surface area contributed by atoms with E-state index < -0.39 is 6.10 Å². The highest BCUT2D eigenvalue weighted by Gasteiger charge is 2.19. The van der Waals surface area contributed by atoms with Crippen molar-refractivity contribution in [2.45, 2.75) is 361 Å². The van der Waals surface area contributed by atoms with E-state index in [2.05, 4.69) is 93.7 Å². The van der Waals surface area contributed by atoms with Gasteiger partial charge in [0.25, 0.3) is 0 Å². The molecule has 0 spiro atoms. The quantitative estimate of drug-likeness (QED) is 0.0261. The lowest BCUT2D eigenvalue weighted by molar-refractivity contribution is -0.167. The number of hydrogen-bond acceptors (Lipinski definition) is 6. The molecule has 0 fully saturated rings. The predicted molar refractivity (Wildman–Crippen MR) is 344 cm³/mol. The molecular weight excluding hydrogens is 973 g/mol. The molecule has 0 aromatic rings. The zero-order valence-electron chi connectivity index (χ0n) is 52.6. The van der Waals surface area contributed by atoms with Gasteiger partial charge in [0.05, 0.1) is 0 Å². The molecule has 6 nitrogen and oxygen atoms in total. The molecule has 0 aromatic carbocycles. The molecule has 458 valence electrons. The van der Waals surface area contributed by atoms with Crippen molar-refractivity contribution in [1.29, 1.82) is 0 Å². The molecule has 0 radical (unpaired) electrons. The highest BCUT2D eigenvalue weighted by molar-refractivity contribution is 5.71. The molecule has 79 heavy (non-hydrogen) atoms. The zero-order chi connectivity index (χ0) is 57.1. The topological polar surface area (TPSA) is 78.9 Å². The van der Waals surface area contributed by atoms with E-state index in [-0.39, 0.29) is 31.1 Å². The lowest BCUT2D eigenvalue weighted by Crippen LogP contribution is -2.30. The van der Waals surface area contributed by atoms with Gasteiger partial charge in [-0.2, -0.15) is 0 Å². The smallest absolute Gasteiger partial charge is 0.306 e. The lowest BCUT2D eigenvalue weighted by atomic mass is 10.0. The van der Waals surface area contributed by atoms with E-state index in [1.165, 1.54) is 218 Å². The summed E-state index contributed by atoms with van der Waals surface area (Å²) < 4.78 is 17.0. The van der Waals surface area contributed by atoms with Crippen molar-refractivity contribution >= 4 is 17.9 Å². The molecule has 0 heterocycles. The minimum Gasteiger partial charge on any atom is -0.462 e. The summed E-state index contributed by atoms with van der Waals surface area (Å²) in [6, 6.07) is 0. The fraction of sp³-hybridized carbons (Fsp3) is 0.795. The first kappa shape index (κ1) is 75.8. The molecule has 0 aliphatic heterocycles. The van der Waals surface area contributed by atoms with Crippen molar-refractivity contribution in [3.05, 3.63) is 72.9 Å². The Hall–Kier alpha value is -3.15. The maximum atomic E-state index is 12.9. The highest BCUT2D eigenvalue weighted by atomic mass is 16.6. The Morgan fingerprint density at radius 3 is 0.785 bits per heavy atom. The maximum Gasteiger partial charge on any atom is 0.306 e. The monoisotopic (exact) mass is 1100 g/mol. The molecule has 0 bridgehead atoms. The lowest BCUT2D eigenvalue weighted by Gasteiger charge is -2.18. The van der Waals surface area contributed by atoms with Gasteiger partial charge < -0.3 is 14.2 Å². The minimum absolute atomic E-state index is 0.0733. The van der Waals surface area contributed by atoms with Gasteiger partial charge in [-0.15, -0.1) is 0 Å². The maximum absolute atomic E-state index is 12.9. The van der Waals surface area contributed by atoms with E-state index in [1.54, 1.807) is 0 Å². The van der Waals surface area contributed by atoms with E-state index in [1.807, 2.05) is 0 Å². The van der Waals surface area contributed by atoms with Crippen molar-refractivity contribution in [3.63, 3.8) is 0 Å². The van der Waals surface area contributed by atoms with Crippen molar-refractivity contribution in [1.82, 2.24) is 0 Å². The molecule has 0 aromatic heterocycles. The predicted octanol–water partition coefficient (Wildman–Crippen LogP) is 23.7. The van der Waals surface area contributed by atoms with Gasteiger partial charge in [0.15, 0.2) is 6.10 Å². The molecule has 0 N–H and O–H groups in total. The number of allylic oxidation sites excluding steroid dienone is 12. The van der Waals surface area contributed by atoms with Gasteiger partial charge in [0.1, 0.15) is 13.2 Å². The largest absolute Gasteiger partial charge is 0.462 e. The molecular formula is C73H130O6. The molecule has 0 aliphatic carbocycles. The van der Waals surface area contributed by atoms with E-state index in [9.17, 15) is 14.4 Å². The fourth-order valence-corrected chi connectivity index (χ4v) is 10.1. The first-order chi connectivity index (χ1) is 39.0. The zero-order valence-corrected chi connectivity index (χ0v) is 52.6. The van der Waals surface area contributed by atoms with E-state index >= 15 is 0 Å². The third-order valence-electron chi connectivity index (χ3n) is 15.2. The summed E-state index contributed by atoms with van der Waals surface area (Å²) >= 11 is 0. The summed E-state index contributed by atoms with van der Waals surface area (Å²) in [5, 5.41) is 0. The van der Waals surface area contributed by atoms with Crippen LogP contribution in [0.5, 0.6) is 0 Å². The van der Waals surface area contributed by atoms with Gasteiger partial charge in [-0.25, -0.2) is 0 Å². The van der Waals surface area contributed by atoms with Crippen LogP contribution in [-0.2, 0) is 28.6 Å². The van der Waals surface area contributed by atoms with Crippen LogP contribution >= 0.6 is 0 Å². The molecule has 0 rings (SSSR count). The SMILES string of the molecule is CC/C=C\C/C=C\C/C=C\C/C=C\C/C=C\CCCCCCCCCCCC(=O)OCC(COC(=O)CCCCCCCCCCCCCCC)OC(=O)CCCCCCCCCCCCC/C=C\CCCCCCCCCC. The molecule has 0 saturated carbocycles. The number of hydrogen-bond donors (Lipinski definition) is 0. The van der Waals surface area contributed by atoms with Crippen LogP contribution in [0.3, 0.4) is 0 Å². The Morgan fingerprint density at radius 1 is 0.266 bits per heavy atom. The Labute approximate surface area is 491 Å². The van der Waals surface area contributed by atoms with E-state index in [4.69, 9.17) is 14.2 Å². The van der Waals surface area contributed by atoms with Crippen molar-refractivity contribution < 1.29 is 28.6 Å². The first-order valence-corrected chi connectivity index (χ1v) is 34.4. The second-order valence-electron chi connectivity index (χ2n) is 23.1. The number of carbonyl (C=O) groups excluding carboxylic acids is 3. The van der Waals surface area contributed by atoms with E-state index in [0.29, 0.717) is 19.3 Å². The molecule has 1 atom stereocenters. The van der Waals surface area contributed by atoms with Crippen LogP contribution in [0.25, 0.3) is 0 Å². The van der Waals surface area contributed by atoms with Gasteiger partial charge >= 0.3 is 17.9 Å². The summed E-state index contributed by atoms with van der Waals surface area (Å²) in [7, 11) is 0. The normalized spacial score (nSPS) is 12.5. The van der Waals surface area contributed by atoms with Gasteiger partial charge in [0, 0.05) is 19.3 Å². The third-order valence-corrected chi connectivity index (χ3v) is 15.2. The second-order valence-corrected chi connectivity index (χ2v) is 23.1. The fourth-order valence-electron chi connectivity index (χ4n) is 10.1. The summed E-state index contributed by atoms with van der Waals surface area (Å²) in [5.74, 6) is -0.860. The Balaban J connectivity index is 4.29. The second kappa shape index (κ2) is 67.4. The summed E-state index contributed by atoms with van der Waals surface area (Å²) in [6.07, 6.45) is 87.7. The Kier molecular flexibility index (Phi) is 64.7. The van der Waals surface area contributed by atoms with Crippen molar-refractivity contribution in [2.75, 3.05) is 13.2 Å². The summed E-state index contributed by atoms with van der Waals surface area (Å²) in [4.78, 5) is 38.4. The van der Waals surface area contributed by atoms with E-state index in [0.717, 1.165) is 96.3 Å². The Morgan fingerprint density at radius 2 is 0.494 bits per heavy atom. The molecule has 1 unspecified atom stereocenters. The Bertz CT molecular complexity index is 1450. The van der Waals surface area contributed by atoms with Crippen molar-refractivity contribution in [3.8, 4) is 0 Å². The molecule has 0 amide bonds.